The van der Waals surface area contributed by atoms with Gasteiger partial charge in [-0.1, -0.05) is 12.1 Å². The van der Waals surface area contributed by atoms with Crippen LogP contribution in [-0.2, 0) is 11.2 Å². The first-order valence-electron chi connectivity index (χ1n) is 11.9. The summed E-state index contributed by atoms with van der Waals surface area (Å²) in [6.45, 7) is 4.42. The third-order valence-electron chi connectivity index (χ3n) is 6.46. The molecule has 7 nitrogen and oxygen atoms in total. The van der Waals surface area contributed by atoms with Gasteiger partial charge in [-0.15, -0.1) is 11.3 Å². The average Bonchev–Trinajstić information content (AvgIpc) is 3.55. The fourth-order valence-electron chi connectivity index (χ4n) is 4.53. The second-order valence-electron chi connectivity index (χ2n) is 8.99. The lowest BCUT2D eigenvalue weighted by Gasteiger charge is -2.37. The largest absolute Gasteiger partial charge is 0.488 e. The van der Waals surface area contributed by atoms with Gasteiger partial charge in [0.25, 0.3) is 5.91 Å². The van der Waals surface area contributed by atoms with Crippen molar-refractivity contribution in [2.75, 3.05) is 26.5 Å². The summed E-state index contributed by atoms with van der Waals surface area (Å²) >= 11 is 1.64. The van der Waals surface area contributed by atoms with E-state index in [0.717, 1.165) is 12.0 Å². The van der Waals surface area contributed by atoms with Crippen molar-refractivity contribution < 1.29 is 28.2 Å². The molecule has 0 radical (unpaired) electrons. The number of carbonyl (C=O) groups excluding carboxylic acids is 2. The SMILES string of the molecule is CC(C)N(CC(=O)N1CCc2sccc2[C@@H]1COc1ccccc1F)C(=O)c1ccc2c(c1)OCO2. The monoisotopic (exact) mass is 510 g/mol. The Labute approximate surface area is 213 Å². The molecule has 0 spiro atoms. The average molecular weight is 511 g/mol. The first-order valence-corrected chi connectivity index (χ1v) is 12.7. The summed E-state index contributed by atoms with van der Waals surface area (Å²) in [5.41, 5.74) is 1.44. The zero-order valence-corrected chi connectivity index (χ0v) is 20.9. The van der Waals surface area contributed by atoms with Gasteiger partial charge in [0.1, 0.15) is 13.2 Å². The van der Waals surface area contributed by atoms with Crippen LogP contribution in [-0.4, -0.2) is 54.1 Å². The molecule has 1 aromatic heterocycles. The summed E-state index contributed by atoms with van der Waals surface area (Å²) in [6, 6.07) is 12.7. The van der Waals surface area contributed by atoms with Crippen LogP contribution in [0, 0.1) is 5.82 Å². The quantitative estimate of drug-likeness (QED) is 0.462. The molecule has 0 N–H and O–H groups in total. The Morgan fingerprint density at radius 1 is 1.17 bits per heavy atom. The molecule has 0 saturated carbocycles. The molecule has 2 aliphatic rings. The van der Waals surface area contributed by atoms with Gasteiger partial charge in [-0.25, -0.2) is 4.39 Å². The van der Waals surface area contributed by atoms with Gasteiger partial charge in [0.15, 0.2) is 23.1 Å². The van der Waals surface area contributed by atoms with Gasteiger partial charge in [-0.2, -0.15) is 0 Å². The highest BCUT2D eigenvalue weighted by molar-refractivity contribution is 7.10. The smallest absolute Gasteiger partial charge is 0.254 e. The van der Waals surface area contributed by atoms with E-state index in [1.54, 1.807) is 57.5 Å². The van der Waals surface area contributed by atoms with Crippen LogP contribution >= 0.6 is 11.3 Å². The van der Waals surface area contributed by atoms with E-state index < -0.39 is 5.82 Å². The third-order valence-corrected chi connectivity index (χ3v) is 7.45. The van der Waals surface area contributed by atoms with Gasteiger partial charge in [0, 0.05) is 23.0 Å². The molecular formula is C27H27FN2O5S. The van der Waals surface area contributed by atoms with E-state index in [1.807, 2.05) is 25.3 Å². The number of carbonyl (C=O) groups is 2. The molecule has 2 amide bonds. The Hall–Kier alpha value is -3.59. The first-order chi connectivity index (χ1) is 17.4. The summed E-state index contributed by atoms with van der Waals surface area (Å²) in [7, 11) is 0. The molecule has 5 rings (SSSR count). The van der Waals surface area contributed by atoms with Crippen LogP contribution in [0.15, 0.2) is 53.9 Å². The van der Waals surface area contributed by atoms with Crippen molar-refractivity contribution >= 4 is 23.2 Å². The number of rotatable bonds is 7. The lowest BCUT2D eigenvalue weighted by atomic mass is 10.00. The number of halogens is 1. The summed E-state index contributed by atoms with van der Waals surface area (Å²) in [6.07, 6.45) is 0.729. The molecule has 188 valence electrons. The fourth-order valence-corrected chi connectivity index (χ4v) is 5.45. The summed E-state index contributed by atoms with van der Waals surface area (Å²) in [5, 5.41) is 2.00. The molecule has 0 saturated heterocycles. The van der Waals surface area contributed by atoms with Crippen molar-refractivity contribution in [3.05, 3.63) is 75.7 Å². The lowest BCUT2D eigenvalue weighted by Crippen LogP contribution is -2.49. The minimum Gasteiger partial charge on any atom is -0.488 e. The predicted molar refractivity (Wildman–Crippen MR) is 133 cm³/mol. The Morgan fingerprint density at radius 3 is 2.78 bits per heavy atom. The third kappa shape index (κ3) is 4.75. The van der Waals surface area contributed by atoms with Gasteiger partial charge in [0.2, 0.25) is 12.7 Å². The molecule has 0 aliphatic carbocycles. The number of amides is 2. The summed E-state index contributed by atoms with van der Waals surface area (Å²) in [4.78, 5) is 31.5. The molecule has 36 heavy (non-hydrogen) atoms. The van der Waals surface area contributed by atoms with Gasteiger partial charge in [-0.05, 0) is 67.6 Å². The van der Waals surface area contributed by atoms with E-state index in [0.29, 0.717) is 23.6 Å². The second-order valence-corrected chi connectivity index (χ2v) is 9.99. The van der Waals surface area contributed by atoms with Gasteiger partial charge in [-0.3, -0.25) is 9.59 Å². The molecule has 1 atom stereocenters. The van der Waals surface area contributed by atoms with Crippen molar-refractivity contribution in [1.29, 1.82) is 0 Å². The maximum atomic E-state index is 14.2. The number of ether oxygens (including phenoxy) is 3. The number of hydrogen-bond donors (Lipinski definition) is 0. The molecule has 9 heteroatoms. The maximum absolute atomic E-state index is 14.2. The topological polar surface area (TPSA) is 68.3 Å². The van der Waals surface area contributed by atoms with Gasteiger partial charge in [0.05, 0.1) is 6.04 Å². The van der Waals surface area contributed by atoms with Crippen molar-refractivity contribution in [1.82, 2.24) is 9.80 Å². The van der Waals surface area contributed by atoms with Crippen LogP contribution in [0.3, 0.4) is 0 Å². The number of para-hydroxylation sites is 1. The number of nitrogens with zero attached hydrogens (tertiary/aromatic N) is 2. The zero-order valence-electron chi connectivity index (χ0n) is 20.1. The van der Waals surface area contributed by atoms with E-state index in [-0.39, 0.29) is 49.6 Å². The molecule has 0 bridgehead atoms. The van der Waals surface area contributed by atoms with Gasteiger partial charge >= 0.3 is 0 Å². The highest BCUT2D eigenvalue weighted by Crippen LogP contribution is 2.35. The van der Waals surface area contributed by atoms with E-state index in [2.05, 4.69) is 0 Å². The first kappa shape index (κ1) is 24.1. The van der Waals surface area contributed by atoms with Crippen LogP contribution < -0.4 is 14.2 Å². The number of hydrogen-bond acceptors (Lipinski definition) is 6. The Morgan fingerprint density at radius 2 is 1.97 bits per heavy atom. The predicted octanol–water partition coefficient (Wildman–Crippen LogP) is 4.67. The van der Waals surface area contributed by atoms with Crippen LogP contribution in [0.25, 0.3) is 0 Å². The Kier molecular flexibility index (Phi) is 6.82. The van der Waals surface area contributed by atoms with Crippen LogP contribution in [0.4, 0.5) is 4.39 Å². The highest BCUT2D eigenvalue weighted by atomic mass is 32.1. The number of benzene rings is 2. The Bertz CT molecular complexity index is 1280. The standard InChI is InChI=1S/C27H27FN2O5S/c1-17(2)30(27(32)18-7-8-23-24(13-18)35-16-34-23)14-26(31)29-11-9-25-19(10-12-36-25)21(29)15-33-22-6-4-3-5-20(22)28/h3-8,10,12-13,17,21H,9,11,14-16H2,1-2H3/t21-/m0/s1. The van der Waals surface area contributed by atoms with E-state index in [1.165, 1.54) is 10.9 Å². The van der Waals surface area contributed by atoms with Crippen LogP contribution in [0.5, 0.6) is 17.2 Å². The molecule has 2 aliphatic heterocycles. The minimum absolute atomic E-state index is 0.0827. The number of fused-ring (bicyclic) bond motifs is 2. The molecule has 3 heterocycles. The molecule has 0 unspecified atom stereocenters. The molecule has 3 aromatic rings. The van der Waals surface area contributed by atoms with Crippen molar-refractivity contribution in [3.8, 4) is 17.2 Å². The summed E-state index contributed by atoms with van der Waals surface area (Å²) < 4.78 is 30.7. The van der Waals surface area contributed by atoms with E-state index >= 15 is 0 Å². The lowest BCUT2D eigenvalue weighted by molar-refractivity contribution is -0.136. The summed E-state index contributed by atoms with van der Waals surface area (Å²) in [5.74, 6) is 0.366. The second kappa shape index (κ2) is 10.2. The van der Waals surface area contributed by atoms with Crippen LogP contribution in [0.1, 0.15) is 40.7 Å². The Balaban J connectivity index is 1.35. The van der Waals surface area contributed by atoms with Crippen LogP contribution in [0.2, 0.25) is 0 Å². The zero-order chi connectivity index (χ0) is 25.2. The fraction of sp³-hybridized carbons (Fsp3) is 0.333. The van der Waals surface area contributed by atoms with Crippen molar-refractivity contribution in [3.63, 3.8) is 0 Å². The maximum Gasteiger partial charge on any atom is 0.254 e. The van der Waals surface area contributed by atoms with Crippen molar-refractivity contribution in [2.45, 2.75) is 32.4 Å². The van der Waals surface area contributed by atoms with Crippen molar-refractivity contribution in [2.24, 2.45) is 0 Å². The van der Waals surface area contributed by atoms with Gasteiger partial charge < -0.3 is 24.0 Å². The minimum atomic E-state index is -0.447. The number of thiophene rings is 1. The molecule has 2 aromatic carbocycles. The molecular weight excluding hydrogens is 483 g/mol. The van der Waals surface area contributed by atoms with E-state index in [4.69, 9.17) is 14.2 Å². The molecule has 0 fully saturated rings. The van der Waals surface area contributed by atoms with E-state index in [9.17, 15) is 14.0 Å². The highest BCUT2D eigenvalue weighted by Gasteiger charge is 2.34. The normalized spacial score (nSPS) is 16.1.